The Labute approximate surface area is 110 Å². The first-order chi connectivity index (χ1) is 8.76. The number of aliphatic hydroxyl groups excluding tert-OH is 1. The lowest BCUT2D eigenvalue weighted by atomic mass is 10.2. The number of aromatic nitrogens is 1. The van der Waals surface area contributed by atoms with Gasteiger partial charge in [-0.05, 0) is 43.8 Å². The number of pyridine rings is 1. The molecule has 0 aromatic carbocycles. The molecule has 1 aromatic heterocycles. The van der Waals surface area contributed by atoms with Crippen LogP contribution in [0.4, 0.5) is 0 Å². The van der Waals surface area contributed by atoms with Gasteiger partial charge >= 0.3 is 0 Å². The van der Waals surface area contributed by atoms with Gasteiger partial charge in [-0.3, -0.25) is 4.98 Å². The van der Waals surface area contributed by atoms with Gasteiger partial charge < -0.3 is 15.3 Å². The fourth-order valence-corrected chi connectivity index (χ4v) is 1.90. The van der Waals surface area contributed by atoms with Gasteiger partial charge in [0.25, 0.3) is 0 Å². The largest absolute Gasteiger partial charge is 0.390 e. The van der Waals surface area contributed by atoms with Crippen molar-refractivity contribution >= 4 is 0 Å². The monoisotopic (exact) mass is 251 g/mol. The minimum atomic E-state index is -0.289. The van der Waals surface area contributed by atoms with E-state index < -0.39 is 0 Å². The zero-order valence-electron chi connectivity index (χ0n) is 11.5. The molecule has 0 saturated carbocycles. The van der Waals surface area contributed by atoms with Crippen molar-refractivity contribution in [2.75, 3.05) is 32.7 Å². The van der Waals surface area contributed by atoms with Gasteiger partial charge in [-0.2, -0.15) is 0 Å². The molecule has 0 bridgehead atoms. The van der Waals surface area contributed by atoms with Crippen molar-refractivity contribution in [1.29, 1.82) is 0 Å². The van der Waals surface area contributed by atoms with Gasteiger partial charge in [0.15, 0.2) is 0 Å². The zero-order valence-corrected chi connectivity index (χ0v) is 11.5. The molecule has 0 aliphatic carbocycles. The molecule has 102 valence electrons. The molecule has 1 atom stereocenters. The first-order valence-corrected chi connectivity index (χ1v) is 6.76. The molecule has 4 heteroatoms. The number of aliphatic hydroxyl groups is 1. The van der Waals surface area contributed by atoms with E-state index >= 15 is 0 Å². The van der Waals surface area contributed by atoms with E-state index in [4.69, 9.17) is 0 Å². The van der Waals surface area contributed by atoms with Crippen LogP contribution in [0.15, 0.2) is 24.5 Å². The second-order valence-corrected chi connectivity index (χ2v) is 4.45. The molecule has 0 aliphatic heterocycles. The fourth-order valence-electron chi connectivity index (χ4n) is 1.90. The Hall–Kier alpha value is -0.970. The van der Waals surface area contributed by atoms with E-state index in [0.717, 1.165) is 32.6 Å². The topological polar surface area (TPSA) is 48.4 Å². The number of nitrogens with zero attached hydrogens (tertiary/aromatic N) is 2. The summed E-state index contributed by atoms with van der Waals surface area (Å²) in [7, 11) is 0. The third kappa shape index (κ3) is 6.10. The van der Waals surface area contributed by atoms with Gasteiger partial charge in [-0.15, -0.1) is 0 Å². The first kappa shape index (κ1) is 15.1. The molecule has 1 unspecified atom stereocenters. The summed E-state index contributed by atoms with van der Waals surface area (Å²) < 4.78 is 0. The van der Waals surface area contributed by atoms with Gasteiger partial charge in [-0.25, -0.2) is 0 Å². The summed E-state index contributed by atoms with van der Waals surface area (Å²) in [5.41, 5.74) is 1.27. The van der Waals surface area contributed by atoms with Crippen molar-refractivity contribution in [2.24, 2.45) is 0 Å². The van der Waals surface area contributed by atoms with Crippen molar-refractivity contribution < 1.29 is 5.11 Å². The van der Waals surface area contributed by atoms with E-state index in [1.807, 2.05) is 24.5 Å². The lowest BCUT2D eigenvalue weighted by Gasteiger charge is -2.22. The van der Waals surface area contributed by atoms with Gasteiger partial charge in [0.05, 0.1) is 6.10 Å². The molecule has 0 saturated heterocycles. The molecule has 0 spiro atoms. The highest BCUT2D eigenvalue weighted by atomic mass is 16.3. The Morgan fingerprint density at radius 3 is 2.56 bits per heavy atom. The van der Waals surface area contributed by atoms with Crippen LogP contribution < -0.4 is 5.32 Å². The van der Waals surface area contributed by atoms with Crippen LogP contribution in [0, 0.1) is 0 Å². The lowest BCUT2D eigenvalue weighted by Crippen LogP contribution is -2.38. The predicted molar refractivity (Wildman–Crippen MR) is 74.6 cm³/mol. The number of likely N-dealkylation sites (N-methyl/N-ethyl adjacent to an activating group) is 1. The van der Waals surface area contributed by atoms with Crippen LogP contribution in [0.1, 0.15) is 19.4 Å². The second kappa shape index (κ2) is 9.03. The Kier molecular flexibility index (Phi) is 7.57. The fraction of sp³-hybridized carbons (Fsp3) is 0.643. The third-order valence-electron chi connectivity index (χ3n) is 3.08. The number of rotatable bonds is 9. The van der Waals surface area contributed by atoms with Gasteiger partial charge in [-0.1, -0.05) is 13.8 Å². The normalized spacial score (nSPS) is 12.9. The van der Waals surface area contributed by atoms with Gasteiger partial charge in [0, 0.05) is 25.5 Å². The SMILES string of the molecule is CCN(CC)CC(O)CNCCc1ccncc1. The van der Waals surface area contributed by atoms with Gasteiger partial charge in [0.2, 0.25) is 0 Å². The van der Waals surface area contributed by atoms with E-state index in [-0.39, 0.29) is 6.10 Å². The quantitative estimate of drug-likeness (QED) is 0.641. The van der Waals surface area contributed by atoms with Crippen molar-refractivity contribution in [3.63, 3.8) is 0 Å². The van der Waals surface area contributed by atoms with E-state index in [9.17, 15) is 5.11 Å². The average molecular weight is 251 g/mol. The maximum atomic E-state index is 9.86. The van der Waals surface area contributed by atoms with Crippen LogP contribution in [0.5, 0.6) is 0 Å². The molecule has 1 aromatic rings. The van der Waals surface area contributed by atoms with Crippen LogP contribution in [0.3, 0.4) is 0 Å². The molecule has 1 heterocycles. The predicted octanol–water partition coefficient (Wildman–Crippen LogP) is 0.916. The summed E-state index contributed by atoms with van der Waals surface area (Å²) >= 11 is 0. The minimum Gasteiger partial charge on any atom is -0.390 e. The highest BCUT2D eigenvalue weighted by Crippen LogP contribution is 1.96. The summed E-state index contributed by atoms with van der Waals surface area (Å²) in [4.78, 5) is 6.22. The van der Waals surface area contributed by atoms with Crippen LogP contribution in [0.25, 0.3) is 0 Å². The van der Waals surface area contributed by atoms with E-state index in [2.05, 4.69) is 29.0 Å². The van der Waals surface area contributed by atoms with Crippen LogP contribution in [-0.4, -0.2) is 53.8 Å². The smallest absolute Gasteiger partial charge is 0.0791 e. The maximum Gasteiger partial charge on any atom is 0.0791 e. The number of nitrogens with one attached hydrogen (secondary N) is 1. The molecular weight excluding hydrogens is 226 g/mol. The van der Waals surface area contributed by atoms with Crippen molar-refractivity contribution in [3.8, 4) is 0 Å². The molecule has 1 rings (SSSR count). The Bertz CT molecular complexity index is 301. The highest BCUT2D eigenvalue weighted by Gasteiger charge is 2.07. The second-order valence-electron chi connectivity index (χ2n) is 4.45. The summed E-state index contributed by atoms with van der Waals surface area (Å²) in [6.07, 6.45) is 4.30. The van der Waals surface area contributed by atoms with Crippen LogP contribution in [-0.2, 0) is 6.42 Å². The van der Waals surface area contributed by atoms with Crippen molar-refractivity contribution in [1.82, 2.24) is 15.2 Å². The third-order valence-corrected chi connectivity index (χ3v) is 3.08. The Morgan fingerprint density at radius 1 is 1.28 bits per heavy atom. The summed E-state index contributed by atoms with van der Waals surface area (Å²) in [6.45, 7) is 8.51. The Morgan fingerprint density at radius 2 is 1.94 bits per heavy atom. The summed E-state index contributed by atoms with van der Waals surface area (Å²) in [5, 5.41) is 13.2. The van der Waals surface area contributed by atoms with E-state index in [1.165, 1.54) is 5.56 Å². The molecule has 0 aliphatic rings. The summed E-state index contributed by atoms with van der Waals surface area (Å²) in [6, 6.07) is 4.04. The van der Waals surface area contributed by atoms with Crippen molar-refractivity contribution in [2.45, 2.75) is 26.4 Å². The number of hydrogen-bond donors (Lipinski definition) is 2. The molecule has 2 N–H and O–H groups in total. The molecule has 0 amide bonds. The van der Waals surface area contributed by atoms with Gasteiger partial charge in [0.1, 0.15) is 0 Å². The number of hydrogen-bond acceptors (Lipinski definition) is 4. The van der Waals surface area contributed by atoms with E-state index in [1.54, 1.807) is 0 Å². The molecular formula is C14H25N3O. The van der Waals surface area contributed by atoms with Crippen LogP contribution in [0.2, 0.25) is 0 Å². The lowest BCUT2D eigenvalue weighted by molar-refractivity contribution is 0.117. The molecule has 0 fully saturated rings. The minimum absolute atomic E-state index is 0.289. The summed E-state index contributed by atoms with van der Waals surface area (Å²) in [5.74, 6) is 0. The molecule has 18 heavy (non-hydrogen) atoms. The first-order valence-electron chi connectivity index (χ1n) is 6.76. The van der Waals surface area contributed by atoms with E-state index in [0.29, 0.717) is 6.54 Å². The zero-order chi connectivity index (χ0) is 13.2. The van der Waals surface area contributed by atoms with Crippen molar-refractivity contribution in [3.05, 3.63) is 30.1 Å². The maximum absolute atomic E-state index is 9.86. The average Bonchev–Trinajstić information content (AvgIpc) is 2.42. The highest BCUT2D eigenvalue weighted by molar-refractivity contribution is 5.09. The molecule has 0 radical (unpaired) electrons. The van der Waals surface area contributed by atoms with Crippen LogP contribution >= 0.6 is 0 Å². The molecule has 4 nitrogen and oxygen atoms in total. The Balaban J connectivity index is 2.10. The standard InChI is InChI=1S/C14H25N3O/c1-3-17(4-2)12-14(18)11-16-10-7-13-5-8-15-9-6-13/h5-6,8-9,14,16,18H,3-4,7,10-12H2,1-2H3.